The second-order valence-corrected chi connectivity index (χ2v) is 6.35. The van der Waals surface area contributed by atoms with Crippen LogP contribution in [0.2, 0.25) is 0 Å². The van der Waals surface area contributed by atoms with Gasteiger partial charge < -0.3 is 9.47 Å². The molecule has 3 heterocycles. The SMILES string of the molecule is CCOc1nc(-c2cccnc2)nc2c1-c1ccccc1Oc1ccccc1-2. The zero-order valence-electron chi connectivity index (χ0n) is 15.3. The number of ether oxygens (including phenoxy) is 2. The smallest absolute Gasteiger partial charge is 0.225 e. The van der Waals surface area contributed by atoms with Gasteiger partial charge in [-0.25, -0.2) is 4.98 Å². The summed E-state index contributed by atoms with van der Waals surface area (Å²) in [6.45, 7) is 2.45. The number of hydrogen-bond acceptors (Lipinski definition) is 5. The molecule has 0 unspecified atom stereocenters. The molecule has 4 aromatic rings. The van der Waals surface area contributed by atoms with Crippen LogP contribution in [0, 0.1) is 0 Å². The van der Waals surface area contributed by atoms with E-state index in [1.165, 1.54) is 0 Å². The molecule has 1 aliphatic rings. The lowest BCUT2D eigenvalue weighted by atomic mass is 10.00. The van der Waals surface area contributed by atoms with Crippen molar-refractivity contribution in [3.63, 3.8) is 0 Å². The molecule has 5 heteroatoms. The molecular weight excluding hydrogens is 350 g/mol. The summed E-state index contributed by atoms with van der Waals surface area (Å²) >= 11 is 0. The molecule has 0 radical (unpaired) electrons. The molecule has 5 rings (SSSR count). The highest BCUT2D eigenvalue weighted by Gasteiger charge is 2.27. The molecule has 0 atom stereocenters. The van der Waals surface area contributed by atoms with E-state index in [1.54, 1.807) is 12.4 Å². The van der Waals surface area contributed by atoms with Crippen LogP contribution in [0.4, 0.5) is 0 Å². The van der Waals surface area contributed by atoms with Crippen molar-refractivity contribution in [1.82, 2.24) is 15.0 Å². The second kappa shape index (κ2) is 6.78. The summed E-state index contributed by atoms with van der Waals surface area (Å²) in [5, 5.41) is 0. The first-order valence-corrected chi connectivity index (χ1v) is 9.17. The van der Waals surface area contributed by atoms with Gasteiger partial charge in [-0.05, 0) is 37.3 Å². The first-order chi connectivity index (χ1) is 13.8. The summed E-state index contributed by atoms with van der Waals surface area (Å²) < 4.78 is 12.2. The predicted molar refractivity (Wildman–Crippen MR) is 107 cm³/mol. The zero-order chi connectivity index (χ0) is 18.9. The Kier molecular flexibility index (Phi) is 3.98. The minimum absolute atomic E-state index is 0.501. The van der Waals surface area contributed by atoms with Crippen LogP contribution in [0.1, 0.15) is 6.92 Å². The lowest BCUT2D eigenvalue weighted by Gasteiger charge is -2.14. The van der Waals surface area contributed by atoms with Crippen molar-refractivity contribution in [2.24, 2.45) is 0 Å². The summed E-state index contributed by atoms with van der Waals surface area (Å²) in [5.41, 5.74) is 4.28. The second-order valence-electron chi connectivity index (χ2n) is 6.35. The minimum Gasteiger partial charge on any atom is -0.477 e. The molecule has 0 spiro atoms. The van der Waals surface area contributed by atoms with Crippen LogP contribution in [0.3, 0.4) is 0 Å². The fourth-order valence-electron chi connectivity index (χ4n) is 3.38. The summed E-state index contributed by atoms with van der Waals surface area (Å²) in [5.74, 6) is 2.63. The minimum atomic E-state index is 0.501. The molecule has 2 aromatic heterocycles. The van der Waals surface area contributed by atoms with E-state index in [0.717, 1.165) is 39.4 Å². The van der Waals surface area contributed by atoms with E-state index in [1.807, 2.05) is 67.6 Å². The molecule has 0 N–H and O–H groups in total. The molecule has 0 amide bonds. The van der Waals surface area contributed by atoms with Gasteiger partial charge in [0, 0.05) is 29.1 Å². The van der Waals surface area contributed by atoms with Crippen LogP contribution in [-0.4, -0.2) is 21.6 Å². The molecule has 0 aliphatic carbocycles. The predicted octanol–water partition coefficient (Wildman–Crippen LogP) is 5.38. The maximum Gasteiger partial charge on any atom is 0.225 e. The van der Waals surface area contributed by atoms with Gasteiger partial charge in [0.2, 0.25) is 5.88 Å². The Morgan fingerprint density at radius 3 is 2.36 bits per heavy atom. The Balaban J connectivity index is 1.87. The third-order valence-electron chi connectivity index (χ3n) is 4.60. The molecule has 1 aliphatic heterocycles. The van der Waals surface area contributed by atoms with Gasteiger partial charge in [0.05, 0.1) is 17.9 Å². The van der Waals surface area contributed by atoms with Crippen molar-refractivity contribution in [2.45, 2.75) is 6.92 Å². The Morgan fingerprint density at radius 2 is 1.61 bits per heavy atom. The van der Waals surface area contributed by atoms with Crippen molar-refractivity contribution in [2.75, 3.05) is 6.61 Å². The Labute approximate surface area is 162 Å². The highest BCUT2D eigenvalue weighted by Crippen LogP contribution is 2.49. The lowest BCUT2D eigenvalue weighted by Crippen LogP contribution is -2.03. The van der Waals surface area contributed by atoms with Crippen LogP contribution in [-0.2, 0) is 0 Å². The van der Waals surface area contributed by atoms with E-state index in [4.69, 9.17) is 19.4 Å². The molecule has 2 aromatic carbocycles. The standard InChI is InChI=1S/C23H17N3O2/c1-2-27-23-20-16-9-3-5-11-18(16)28-19-12-6-4-10-17(19)21(20)25-22(26-23)15-8-7-13-24-14-15/h3-14H,2H2,1H3. The van der Waals surface area contributed by atoms with Gasteiger partial charge in [-0.15, -0.1) is 0 Å². The van der Waals surface area contributed by atoms with E-state index >= 15 is 0 Å². The third kappa shape index (κ3) is 2.68. The number of para-hydroxylation sites is 2. The van der Waals surface area contributed by atoms with Gasteiger partial charge in [-0.1, -0.05) is 30.3 Å². The molecule has 0 fully saturated rings. The average Bonchev–Trinajstić information content (AvgIpc) is 2.89. The van der Waals surface area contributed by atoms with Gasteiger partial charge >= 0.3 is 0 Å². The average molecular weight is 367 g/mol. The number of pyridine rings is 1. The zero-order valence-corrected chi connectivity index (χ0v) is 15.3. The number of fused-ring (bicyclic) bond motifs is 5. The van der Waals surface area contributed by atoms with Crippen molar-refractivity contribution < 1.29 is 9.47 Å². The van der Waals surface area contributed by atoms with E-state index in [0.29, 0.717) is 18.3 Å². The first kappa shape index (κ1) is 16.4. The number of nitrogens with zero attached hydrogens (tertiary/aromatic N) is 3. The van der Waals surface area contributed by atoms with Crippen LogP contribution < -0.4 is 9.47 Å². The van der Waals surface area contributed by atoms with E-state index < -0.39 is 0 Å². The Bertz CT molecular complexity index is 1160. The highest BCUT2D eigenvalue weighted by atomic mass is 16.5. The highest BCUT2D eigenvalue weighted by molar-refractivity contribution is 5.91. The molecule has 136 valence electrons. The number of benzene rings is 2. The van der Waals surface area contributed by atoms with Crippen molar-refractivity contribution in [3.05, 3.63) is 73.1 Å². The van der Waals surface area contributed by atoms with Crippen LogP contribution >= 0.6 is 0 Å². The first-order valence-electron chi connectivity index (χ1n) is 9.17. The van der Waals surface area contributed by atoms with Crippen molar-refractivity contribution in [1.29, 1.82) is 0 Å². The fourth-order valence-corrected chi connectivity index (χ4v) is 3.38. The molecule has 28 heavy (non-hydrogen) atoms. The molecule has 5 nitrogen and oxygen atoms in total. The van der Waals surface area contributed by atoms with E-state index in [2.05, 4.69) is 4.98 Å². The summed E-state index contributed by atoms with van der Waals surface area (Å²) in [7, 11) is 0. The topological polar surface area (TPSA) is 57.1 Å². The van der Waals surface area contributed by atoms with Gasteiger partial charge in [0.25, 0.3) is 0 Å². The maximum atomic E-state index is 6.23. The summed E-state index contributed by atoms with van der Waals surface area (Å²) in [6.07, 6.45) is 3.49. The third-order valence-corrected chi connectivity index (χ3v) is 4.60. The van der Waals surface area contributed by atoms with E-state index in [9.17, 15) is 0 Å². The van der Waals surface area contributed by atoms with Gasteiger partial charge in [0.1, 0.15) is 11.5 Å². The van der Waals surface area contributed by atoms with Crippen LogP contribution in [0.15, 0.2) is 73.1 Å². The van der Waals surface area contributed by atoms with Crippen molar-refractivity contribution >= 4 is 0 Å². The van der Waals surface area contributed by atoms with Crippen molar-refractivity contribution in [3.8, 4) is 51.2 Å². The molecule has 0 saturated heterocycles. The molecule has 0 bridgehead atoms. The Morgan fingerprint density at radius 1 is 0.857 bits per heavy atom. The summed E-state index contributed by atoms with van der Waals surface area (Å²) in [6, 6.07) is 19.6. The van der Waals surface area contributed by atoms with Crippen LogP contribution in [0.25, 0.3) is 33.8 Å². The molecule has 0 saturated carbocycles. The Hall–Kier alpha value is -3.73. The fraction of sp³-hybridized carbons (Fsp3) is 0.0870. The van der Waals surface area contributed by atoms with Gasteiger partial charge in [-0.2, -0.15) is 4.98 Å². The lowest BCUT2D eigenvalue weighted by molar-refractivity contribution is 0.328. The number of aromatic nitrogens is 3. The normalized spacial score (nSPS) is 11.5. The quantitative estimate of drug-likeness (QED) is 0.429. The molecular formula is C23H17N3O2. The van der Waals surface area contributed by atoms with Crippen LogP contribution in [0.5, 0.6) is 17.4 Å². The largest absolute Gasteiger partial charge is 0.477 e. The van der Waals surface area contributed by atoms with E-state index in [-0.39, 0.29) is 0 Å². The van der Waals surface area contributed by atoms with Gasteiger partial charge in [0.15, 0.2) is 5.82 Å². The van der Waals surface area contributed by atoms with Gasteiger partial charge in [-0.3, -0.25) is 4.98 Å². The monoisotopic (exact) mass is 367 g/mol. The number of hydrogen-bond donors (Lipinski definition) is 0. The maximum absolute atomic E-state index is 6.23. The summed E-state index contributed by atoms with van der Waals surface area (Å²) in [4.78, 5) is 13.8. The number of rotatable bonds is 3.